The van der Waals surface area contributed by atoms with Gasteiger partial charge in [0.2, 0.25) is 5.91 Å². The van der Waals surface area contributed by atoms with Crippen molar-refractivity contribution in [2.45, 2.75) is 59.5 Å². The zero-order valence-electron chi connectivity index (χ0n) is 18.9. The monoisotopic (exact) mass is 416 g/mol. The Hall–Kier alpha value is -2.57. The number of aryl methyl sites for hydroxylation is 1. The Balaban J connectivity index is 1.98. The second-order valence-electron chi connectivity index (χ2n) is 8.47. The number of amides is 4. The number of nitrogens with one attached hydrogen (secondary N) is 2. The minimum atomic E-state index is -0.601. The van der Waals surface area contributed by atoms with Gasteiger partial charge < -0.3 is 20.4 Å². The van der Waals surface area contributed by atoms with Crippen LogP contribution in [0.1, 0.15) is 56.5 Å². The van der Waals surface area contributed by atoms with Gasteiger partial charge in [-0.25, -0.2) is 4.79 Å². The number of hydrogen-bond donors (Lipinski definition) is 2. The minimum absolute atomic E-state index is 0.0439. The molecule has 1 aliphatic heterocycles. The van der Waals surface area contributed by atoms with Gasteiger partial charge in [-0.05, 0) is 38.3 Å². The van der Waals surface area contributed by atoms with E-state index in [9.17, 15) is 14.4 Å². The molecule has 1 heterocycles. The van der Waals surface area contributed by atoms with Crippen LogP contribution in [0.5, 0.6) is 0 Å². The quantitative estimate of drug-likeness (QED) is 0.671. The van der Waals surface area contributed by atoms with Gasteiger partial charge in [-0.15, -0.1) is 0 Å². The number of piperazine rings is 1. The van der Waals surface area contributed by atoms with Gasteiger partial charge in [0.1, 0.15) is 6.04 Å². The smallest absolute Gasteiger partial charge is 0.317 e. The van der Waals surface area contributed by atoms with E-state index in [1.54, 1.807) is 21.9 Å². The van der Waals surface area contributed by atoms with Crippen LogP contribution in [0.3, 0.4) is 0 Å². The summed E-state index contributed by atoms with van der Waals surface area (Å²) in [6.07, 6.45) is 1.98. The van der Waals surface area contributed by atoms with Crippen LogP contribution in [0.15, 0.2) is 24.3 Å². The first-order valence-electron chi connectivity index (χ1n) is 10.9. The molecular weight excluding hydrogens is 380 g/mol. The van der Waals surface area contributed by atoms with Crippen LogP contribution >= 0.6 is 0 Å². The second-order valence-corrected chi connectivity index (χ2v) is 8.47. The lowest BCUT2D eigenvalue weighted by molar-refractivity contribution is -0.136. The summed E-state index contributed by atoms with van der Waals surface area (Å²) in [5.74, 6) is -0.384. The molecule has 1 aromatic rings. The highest BCUT2D eigenvalue weighted by molar-refractivity contribution is 5.97. The molecule has 1 saturated heterocycles. The van der Waals surface area contributed by atoms with Gasteiger partial charge in [0.05, 0.1) is 0 Å². The summed E-state index contributed by atoms with van der Waals surface area (Å²) in [6.45, 7) is 11.9. The van der Waals surface area contributed by atoms with E-state index >= 15 is 0 Å². The molecule has 0 saturated carbocycles. The molecule has 0 radical (unpaired) electrons. The molecule has 1 fully saturated rings. The maximum Gasteiger partial charge on any atom is 0.317 e. The van der Waals surface area contributed by atoms with Crippen LogP contribution < -0.4 is 10.6 Å². The number of carbonyl (C=O) groups excluding carboxylic acids is 3. The number of hydrogen-bond acceptors (Lipinski definition) is 3. The minimum Gasteiger partial charge on any atom is -0.340 e. The molecule has 4 amide bonds. The van der Waals surface area contributed by atoms with E-state index in [2.05, 4.69) is 17.6 Å². The maximum atomic E-state index is 13.2. The van der Waals surface area contributed by atoms with Gasteiger partial charge in [-0.2, -0.15) is 0 Å². The van der Waals surface area contributed by atoms with Crippen LogP contribution in [0, 0.1) is 12.8 Å². The molecule has 0 aliphatic carbocycles. The van der Waals surface area contributed by atoms with Crippen molar-refractivity contribution in [3.63, 3.8) is 0 Å². The van der Waals surface area contributed by atoms with Crippen molar-refractivity contribution in [1.82, 2.24) is 20.4 Å². The van der Waals surface area contributed by atoms with Gasteiger partial charge in [0, 0.05) is 37.8 Å². The molecule has 7 nitrogen and oxygen atoms in total. The summed E-state index contributed by atoms with van der Waals surface area (Å²) in [7, 11) is 0. The summed E-state index contributed by atoms with van der Waals surface area (Å²) in [5.41, 5.74) is 1.62. The molecule has 1 aromatic carbocycles. The largest absolute Gasteiger partial charge is 0.340 e. The van der Waals surface area contributed by atoms with Crippen molar-refractivity contribution in [3.8, 4) is 0 Å². The number of urea groups is 1. The van der Waals surface area contributed by atoms with Crippen LogP contribution in [-0.2, 0) is 4.79 Å². The highest BCUT2D eigenvalue weighted by Gasteiger charge is 2.34. The van der Waals surface area contributed by atoms with E-state index in [-0.39, 0.29) is 29.8 Å². The van der Waals surface area contributed by atoms with Crippen LogP contribution in [0.4, 0.5) is 4.79 Å². The lowest BCUT2D eigenvalue weighted by atomic mass is 10.0. The Morgan fingerprint density at radius 2 is 1.80 bits per heavy atom. The van der Waals surface area contributed by atoms with Crippen molar-refractivity contribution in [3.05, 3.63) is 35.4 Å². The fourth-order valence-corrected chi connectivity index (χ4v) is 3.57. The average molecular weight is 417 g/mol. The Labute approximate surface area is 180 Å². The number of rotatable bonds is 7. The molecule has 0 aromatic heterocycles. The lowest BCUT2D eigenvalue weighted by Crippen LogP contribution is -2.61. The molecule has 0 bridgehead atoms. The van der Waals surface area contributed by atoms with Crippen molar-refractivity contribution < 1.29 is 14.4 Å². The van der Waals surface area contributed by atoms with Crippen molar-refractivity contribution in [2.75, 3.05) is 26.2 Å². The first-order chi connectivity index (χ1) is 14.2. The molecule has 2 atom stereocenters. The molecule has 0 spiro atoms. The van der Waals surface area contributed by atoms with E-state index in [1.165, 1.54) is 0 Å². The highest BCUT2D eigenvalue weighted by Crippen LogP contribution is 2.15. The first-order valence-corrected chi connectivity index (χ1v) is 10.9. The molecule has 1 aliphatic rings. The van der Waals surface area contributed by atoms with Gasteiger partial charge in [-0.1, -0.05) is 44.9 Å². The summed E-state index contributed by atoms with van der Waals surface area (Å²) >= 11 is 0. The third-order valence-corrected chi connectivity index (χ3v) is 5.54. The SMILES string of the molecule is CCCCNC(=O)N1CCN(C(=O)C(NC(=O)c2ccc(C)cc2)C(C)C)CC1C. The molecule has 2 unspecified atom stereocenters. The Morgan fingerprint density at radius 1 is 1.13 bits per heavy atom. The van der Waals surface area contributed by atoms with E-state index in [0.717, 1.165) is 18.4 Å². The van der Waals surface area contributed by atoms with E-state index in [4.69, 9.17) is 0 Å². The Kier molecular flexibility index (Phi) is 8.69. The number of unbranched alkanes of at least 4 members (excludes halogenated alkanes) is 1. The normalized spacial score (nSPS) is 17.6. The zero-order valence-corrected chi connectivity index (χ0v) is 18.9. The number of benzene rings is 1. The fourth-order valence-electron chi connectivity index (χ4n) is 3.57. The van der Waals surface area contributed by atoms with Crippen molar-refractivity contribution >= 4 is 17.8 Å². The molecule has 166 valence electrons. The maximum absolute atomic E-state index is 13.2. The zero-order chi connectivity index (χ0) is 22.3. The molecule has 2 rings (SSSR count). The summed E-state index contributed by atoms with van der Waals surface area (Å²) < 4.78 is 0. The number of nitrogens with zero attached hydrogens (tertiary/aromatic N) is 2. The third kappa shape index (κ3) is 6.21. The number of carbonyl (C=O) groups is 3. The highest BCUT2D eigenvalue weighted by atomic mass is 16.2. The van der Waals surface area contributed by atoms with E-state index < -0.39 is 6.04 Å². The topological polar surface area (TPSA) is 81.8 Å². The predicted molar refractivity (Wildman–Crippen MR) is 118 cm³/mol. The average Bonchev–Trinajstić information content (AvgIpc) is 2.71. The molecule has 2 N–H and O–H groups in total. The standard InChI is InChI=1S/C23H36N4O3/c1-6-7-12-24-23(30)27-14-13-26(15-18(27)5)22(29)20(16(2)3)25-21(28)19-10-8-17(4)9-11-19/h8-11,16,18,20H,6-7,12-15H2,1-5H3,(H,24,30)(H,25,28). The molecule has 7 heteroatoms. The van der Waals surface area contributed by atoms with Gasteiger partial charge in [0.25, 0.3) is 5.91 Å². The van der Waals surface area contributed by atoms with Gasteiger partial charge >= 0.3 is 6.03 Å². The van der Waals surface area contributed by atoms with Crippen LogP contribution in [0.2, 0.25) is 0 Å². The third-order valence-electron chi connectivity index (χ3n) is 5.54. The van der Waals surface area contributed by atoms with Crippen LogP contribution in [-0.4, -0.2) is 65.9 Å². The molecule has 30 heavy (non-hydrogen) atoms. The van der Waals surface area contributed by atoms with Crippen molar-refractivity contribution in [1.29, 1.82) is 0 Å². The summed E-state index contributed by atoms with van der Waals surface area (Å²) in [5, 5.41) is 5.85. The summed E-state index contributed by atoms with van der Waals surface area (Å²) in [6, 6.07) is 6.55. The van der Waals surface area contributed by atoms with Gasteiger partial charge in [0.15, 0.2) is 0 Å². The second kappa shape index (κ2) is 11.0. The Bertz CT molecular complexity index is 732. The van der Waals surface area contributed by atoms with E-state index in [0.29, 0.717) is 31.7 Å². The van der Waals surface area contributed by atoms with E-state index in [1.807, 2.05) is 39.8 Å². The van der Waals surface area contributed by atoms with Crippen molar-refractivity contribution in [2.24, 2.45) is 5.92 Å². The van der Waals surface area contributed by atoms with Crippen LogP contribution in [0.25, 0.3) is 0 Å². The fraction of sp³-hybridized carbons (Fsp3) is 0.609. The first kappa shape index (κ1) is 23.7. The predicted octanol–water partition coefficient (Wildman–Crippen LogP) is 2.79. The summed E-state index contributed by atoms with van der Waals surface area (Å²) in [4.78, 5) is 41.8. The molecular formula is C23H36N4O3. The van der Waals surface area contributed by atoms with Gasteiger partial charge in [-0.3, -0.25) is 9.59 Å². The Morgan fingerprint density at radius 3 is 2.37 bits per heavy atom. The lowest BCUT2D eigenvalue weighted by Gasteiger charge is -2.41.